The largest absolute Gasteiger partial charge is 0.356 e. The van der Waals surface area contributed by atoms with Gasteiger partial charge in [-0.2, -0.15) is 0 Å². The molecule has 0 aliphatic heterocycles. The normalized spacial score (nSPS) is 15.5. The summed E-state index contributed by atoms with van der Waals surface area (Å²) in [6.45, 7) is 0. The van der Waals surface area contributed by atoms with Gasteiger partial charge in [0, 0.05) is 18.2 Å². The second-order valence-corrected chi connectivity index (χ2v) is 3.24. The maximum Gasteiger partial charge on any atom is 0.157 e. The molecule has 0 saturated carbocycles. The third-order valence-electron chi connectivity index (χ3n) is 2.15. The van der Waals surface area contributed by atoms with Gasteiger partial charge in [-0.15, -0.1) is 0 Å². The van der Waals surface area contributed by atoms with Crippen LogP contribution >= 0.6 is 0 Å². The van der Waals surface area contributed by atoms with Crippen molar-refractivity contribution in [3.63, 3.8) is 0 Å². The maximum atomic E-state index is 13.2. The Kier molecular flexibility index (Phi) is 2.31. The van der Waals surface area contributed by atoms with E-state index in [-0.39, 0.29) is 11.6 Å². The van der Waals surface area contributed by atoms with E-state index in [9.17, 15) is 9.18 Å². The molecule has 0 radical (unpaired) electrons. The van der Waals surface area contributed by atoms with E-state index in [0.717, 1.165) is 5.70 Å². The van der Waals surface area contributed by atoms with Crippen LogP contribution < -0.4 is 5.32 Å². The minimum atomic E-state index is -0.298. The lowest BCUT2D eigenvalue weighted by molar-refractivity contribution is -0.114. The van der Waals surface area contributed by atoms with E-state index < -0.39 is 0 Å². The van der Waals surface area contributed by atoms with Crippen molar-refractivity contribution >= 4 is 11.5 Å². The molecule has 0 saturated heterocycles. The molecule has 0 atom stereocenters. The zero-order valence-corrected chi connectivity index (χ0v) is 7.59. The third-order valence-corrected chi connectivity index (χ3v) is 2.15. The number of nitrogens with one attached hydrogen (secondary N) is 1. The quantitative estimate of drug-likeness (QED) is 0.778. The van der Waals surface area contributed by atoms with Crippen LogP contribution in [-0.4, -0.2) is 5.78 Å². The van der Waals surface area contributed by atoms with E-state index in [4.69, 9.17) is 0 Å². The molecule has 72 valence electrons. The van der Waals surface area contributed by atoms with E-state index in [1.807, 2.05) is 0 Å². The minimum Gasteiger partial charge on any atom is -0.356 e. The van der Waals surface area contributed by atoms with Crippen molar-refractivity contribution in [3.05, 3.63) is 41.9 Å². The topological polar surface area (TPSA) is 29.1 Å². The standard InChI is InChI=1S/C11H10FNO/c12-10-3-1-2-4-11(10)13-8-5-6-9(14)7-8/h1-4,7,13H,5-6H2. The van der Waals surface area contributed by atoms with Crippen molar-refractivity contribution in [2.24, 2.45) is 0 Å². The lowest BCUT2D eigenvalue weighted by Crippen LogP contribution is -1.98. The second kappa shape index (κ2) is 3.62. The van der Waals surface area contributed by atoms with Crippen LogP contribution in [0.2, 0.25) is 0 Å². The summed E-state index contributed by atoms with van der Waals surface area (Å²) >= 11 is 0. The summed E-state index contributed by atoms with van der Waals surface area (Å²) in [6.07, 6.45) is 2.73. The van der Waals surface area contributed by atoms with Crippen molar-refractivity contribution in [2.45, 2.75) is 12.8 Å². The third kappa shape index (κ3) is 1.82. The number of carbonyl (C=O) groups excluding carboxylic acids is 1. The summed E-state index contributed by atoms with van der Waals surface area (Å²) in [4.78, 5) is 10.9. The van der Waals surface area contributed by atoms with Gasteiger partial charge in [-0.3, -0.25) is 4.79 Å². The van der Waals surface area contributed by atoms with Gasteiger partial charge in [0.2, 0.25) is 0 Å². The number of halogens is 1. The highest BCUT2D eigenvalue weighted by molar-refractivity contribution is 5.93. The first kappa shape index (κ1) is 8.94. The highest BCUT2D eigenvalue weighted by Crippen LogP contribution is 2.20. The molecule has 0 amide bonds. The summed E-state index contributed by atoms with van der Waals surface area (Å²) < 4.78 is 13.2. The number of carbonyl (C=O) groups is 1. The van der Waals surface area contributed by atoms with Gasteiger partial charge >= 0.3 is 0 Å². The Hall–Kier alpha value is -1.64. The number of hydrogen-bond donors (Lipinski definition) is 1. The number of hydrogen-bond acceptors (Lipinski definition) is 2. The first-order valence-corrected chi connectivity index (χ1v) is 4.50. The summed E-state index contributed by atoms with van der Waals surface area (Å²) in [5.41, 5.74) is 1.22. The molecule has 0 spiro atoms. The van der Waals surface area contributed by atoms with Crippen molar-refractivity contribution in [2.75, 3.05) is 5.32 Å². The second-order valence-electron chi connectivity index (χ2n) is 3.24. The molecule has 14 heavy (non-hydrogen) atoms. The number of anilines is 1. The molecule has 3 heteroatoms. The Bertz CT molecular complexity index is 398. The fourth-order valence-corrected chi connectivity index (χ4v) is 1.43. The Morgan fingerprint density at radius 1 is 1.21 bits per heavy atom. The molecular formula is C11H10FNO. The van der Waals surface area contributed by atoms with Crippen LogP contribution in [0, 0.1) is 5.82 Å². The van der Waals surface area contributed by atoms with E-state index in [2.05, 4.69) is 5.32 Å². The Morgan fingerprint density at radius 3 is 2.64 bits per heavy atom. The monoisotopic (exact) mass is 191 g/mol. The average Bonchev–Trinajstić information content (AvgIpc) is 2.56. The molecule has 0 aromatic heterocycles. The van der Waals surface area contributed by atoms with Crippen LogP contribution in [0.5, 0.6) is 0 Å². The van der Waals surface area contributed by atoms with Gasteiger partial charge < -0.3 is 5.32 Å². The molecular weight excluding hydrogens is 181 g/mol. The highest BCUT2D eigenvalue weighted by atomic mass is 19.1. The fourth-order valence-electron chi connectivity index (χ4n) is 1.43. The van der Waals surface area contributed by atoms with Crippen LogP contribution in [-0.2, 0) is 4.79 Å². The molecule has 2 rings (SSSR count). The van der Waals surface area contributed by atoms with Crippen molar-refractivity contribution in [3.8, 4) is 0 Å². The first-order valence-electron chi connectivity index (χ1n) is 4.50. The van der Waals surface area contributed by atoms with Gasteiger partial charge in [0.05, 0.1) is 5.69 Å². The van der Waals surface area contributed by atoms with Gasteiger partial charge in [-0.25, -0.2) is 4.39 Å². The maximum absolute atomic E-state index is 13.2. The predicted octanol–water partition coefficient (Wildman–Crippen LogP) is 2.48. The molecule has 0 heterocycles. The minimum absolute atomic E-state index is 0.101. The summed E-state index contributed by atoms with van der Waals surface area (Å²) in [6, 6.07) is 6.43. The summed E-state index contributed by atoms with van der Waals surface area (Å²) in [5.74, 6) is -0.198. The average molecular weight is 191 g/mol. The highest BCUT2D eigenvalue weighted by Gasteiger charge is 2.12. The first-order chi connectivity index (χ1) is 6.75. The summed E-state index contributed by atoms with van der Waals surface area (Å²) in [7, 11) is 0. The molecule has 0 fully saturated rings. The van der Waals surface area contributed by atoms with Crippen LogP contribution in [0.25, 0.3) is 0 Å². The molecule has 0 bridgehead atoms. The van der Waals surface area contributed by atoms with Crippen molar-refractivity contribution < 1.29 is 9.18 Å². The van der Waals surface area contributed by atoms with Crippen LogP contribution in [0.3, 0.4) is 0 Å². The lowest BCUT2D eigenvalue weighted by Gasteiger charge is -2.06. The van der Waals surface area contributed by atoms with E-state index in [1.165, 1.54) is 12.1 Å². The molecule has 1 aromatic carbocycles. The van der Waals surface area contributed by atoms with Crippen molar-refractivity contribution in [1.82, 2.24) is 0 Å². The van der Waals surface area contributed by atoms with E-state index >= 15 is 0 Å². The van der Waals surface area contributed by atoms with Gasteiger partial charge in [-0.05, 0) is 18.6 Å². The predicted molar refractivity (Wildman–Crippen MR) is 52.3 cm³/mol. The van der Waals surface area contributed by atoms with Crippen LogP contribution in [0.1, 0.15) is 12.8 Å². The number of ketones is 1. The smallest absolute Gasteiger partial charge is 0.157 e. The summed E-state index contributed by atoms with van der Waals surface area (Å²) in [5, 5.41) is 2.90. The molecule has 1 aliphatic rings. The van der Waals surface area contributed by atoms with Crippen LogP contribution in [0.4, 0.5) is 10.1 Å². The molecule has 1 aromatic rings. The van der Waals surface area contributed by atoms with Gasteiger partial charge in [0.1, 0.15) is 5.82 Å². The van der Waals surface area contributed by atoms with E-state index in [1.54, 1.807) is 18.2 Å². The van der Waals surface area contributed by atoms with Gasteiger partial charge in [0.25, 0.3) is 0 Å². The van der Waals surface area contributed by atoms with Crippen molar-refractivity contribution in [1.29, 1.82) is 0 Å². The molecule has 2 nitrogen and oxygen atoms in total. The van der Waals surface area contributed by atoms with Gasteiger partial charge in [0.15, 0.2) is 5.78 Å². The van der Waals surface area contributed by atoms with Crippen LogP contribution in [0.15, 0.2) is 36.0 Å². The molecule has 0 unspecified atom stereocenters. The molecule has 1 N–H and O–H groups in total. The van der Waals surface area contributed by atoms with E-state index in [0.29, 0.717) is 18.5 Å². The molecule has 1 aliphatic carbocycles. The zero-order valence-electron chi connectivity index (χ0n) is 7.59. The Balaban J connectivity index is 2.15. The fraction of sp³-hybridized carbons (Fsp3) is 0.182. The number of rotatable bonds is 2. The SMILES string of the molecule is O=C1C=C(Nc2ccccc2F)CC1. The number of allylic oxidation sites excluding steroid dienone is 2. The Morgan fingerprint density at radius 2 is 2.00 bits per heavy atom. The number of benzene rings is 1. The Labute approximate surface area is 81.4 Å². The number of para-hydroxylation sites is 1. The lowest BCUT2D eigenvalue weighted by atomic mass is 10.3. The van der Waals surface area contributed by atoms with Gasteiger partial charge in [-0.1, -0.05) is 12.1 Å². The zero-order chi connectivity index (χ0) is 9.97.